The number of aryl methyl sites for hydroxylation is 1. The Balaban J connectivity index is 1.51. The first-order valence-electron chi connectivity index (χ1n) is 13.0. The first-order valence-corrected chi connectivity index (χ1v) is 13.8. The fraction of sp³-hybridized carbons (Fsp3) is 0.452. The maximum Gasteiger partial charge on any atom is 0.333 e. The van der Waals surface area contributed by atoms with Crippen LogP contribution in [0.1, 0.15) is 65.4 Å². The van der Waals surface area contributed by atoms with Gasteiger partial charge in [-0.05, 0) is 80.0 Å². The van der Waals surface area contributed by atoms with Crippen LogP contribution in [0.2, 0.25) is 0 Å². The molecule has 1 fully saturated rings. The minimum atomic E-state index is -0.328. The van der Waals surface area contributed by atoms with Gasteiger partial charge in [-0.3, -0.25) is 0 Å². The smallest absolute Gasteiger partial charge is 0.333 e. The predicted octanol–water partition coefficient (Wildman–Crippen LogP) is 8.36. The quantitative estimate of drug-likeness (QED) is 0.157. The highest BCUT2D eigenvalue weighted by atomic mass is 32.1. The number of rotatable bonds is 10. The molecule has 1 aromatic heterocycles. The third kappa shape index (κ3) is 5.62. The van der Waals surface area contributed by atoms with Crippen LogP contribution in [0.5, 0.6) is 11.5 Å². The Bertz CT molecular complexity index is 1240. The lowest BCUT2D eigenvalue weighted by molar-refractivity contribution is -0.150. The standard InChI is InChI=1S/C31H38O4S/c1-7-8-9-10-21-11-14-24(25(17-21)33-6)27-18-22-12-13-23(19-26(22)36-27)34-28-15-16-29(31(28,4)5)35-30(32)20(2)3/h11-14,17-19,28-29H,2,7-10,15-16H2,1,3-6H3. The van der Waals surface area contributed by atoms with Crippen LogP contribution in [0.3, 0.4) is 0 Å². The Morgan fingerprint density at radius 2 is 1.86 bits per heavy atom. The number of ether oxygens (including phenoxy) is 3. The highest BCUT2D eigenvalue weighted by Gasteiger charge is 2.47. The van der Waals surface area contributed by atoms with Crippen molar-refractivity contribution in [2.24, 2.45) is 5.41 Å². The number of carbonyl (C=O) groups is 1. The van der Waals surface area contributed by atoms with Gasteiger partial charge < -0.3 is 14.2 Å². The van der Waals surface area contributed by atoms with Crippen molar-refractivity contribution >= 4 is 27.4 Å². The summed E-state index contributed by atoms with van der Waals surface area (Å²) in [6, 6.07) is 15.1. The van der Waals surface area contributed by atoms with E-state index in [1.54, 1.807) is 25.4 Å². The summed E-state index contributed by atoms with van der Waals surface area (Å²) in [5.74, 6) is 1.44. The van der Waals surface area contributed by atoms with Crippen LogP contribution < -0.4 is 9.47 Å². The van der Waals surface area contributed by atoms with Gasteiger partial charge in [0, 0.05) is 26.1 Å². The van der Waals surface area contributed by atoms with Crippen molar-refractivity contribution in [3.63, 3.8) is 0 Å². The molecule has 0 bridgehead atoms. The molecule has 192 valence electrons. The average molecular weight is 507 g/mol. The molecule has 4 rings (SSSR count). The molecular weight excluding hydrogens is 468 g/mol. The normalized spacial score (nSPS) is 18.8. The number of benzene rings is 2. The molecular formula is C31H38O4S. The maximum absolute atomic E-state index is 12.1. The van der Waals surface area contributed by atoms with Crippen LogP contribution in [0, 0.1) is 5.41 Å². The van der Waals surface area contributed by atoms with Crippen LogP contribution in [-0.2, 0) is 16.0 Å². The van der Waals surface area contributed by atoms with E-state index in [0.717, 1.165) is 36.3 Å². The largest absolute Gasteiger partial charge is 0.496 e. The molecule has 2 aromatic carbocycles. The molecule has 0 amide bonds. The van der Waals surface area contributed by atoms with Gasteiger partial charge >= 0.3 is 5.97 Å². The molecule has 36 heavy (non-hydrogen) atoms. The van der Waals surface area contributed by atoms with Crippen molar-refractivity contribution in [2.75, 3.05) is 7.11 Å². The van der Waals surface area contributed by atoms with E-state index in [0.29, 0.717) is 5.57 Å². The summed E-state index contributed by atoms with van der Waals surface area (Å²) in [6.07, 6.45) is 6.20. The van der Waals surface area contributed by atoms with E-state index >= 15 is 0 Å². The zero-order valence-corrected chi connectivity index (χ0v) is 23.0. The zero-order valence-electron chi connectivity index (χ0n) is 22.2. The lowest BCUT2D eigenvalue weighted by Crippen LogP contribution is -2.38. The van der Waals surface area contributed by atoms with Crippen LogP contribution >= 0.6 is 11.3 Å². The Labute approximate surface area is 219 Å². The van der Waals surface area contributed by atoms with Gasteiger partial charge in [0.05, 0.1) is 7.11 Å². The van der Waals surface area contributed by atoms with Gasteiger partial charge in [0.1, 0.15) is 23.7 Å². The van der Waals surface area contributed by atoms with E-state index in [4.69, 9.17) is 14.2 Å². The Morgan fingerprint density at radius 1 is 1.08 bits per heavy atom. The molecule has 2 atom stereocenters. The highest BCUT2D eigenvalue weighted by Crippen LogP contribution is 2.44. The first-order chi connectivity index (χ1) is 17.2. The van der Waals surface area contributed by atoms with Crippen molar-refractivity contribution in [3.05, 3.63) is 60.2 Å². The number of esters is 1. The molecule has 1 aliphatic carbocycles. The maximum atomic E-state index is 12.1. The van der Waals surface area contributed by atoms with Gasteiger partial charge in [-0.25, -0.2) is 4.79 Å². The molecule has 5 heteroatoms. The Hall–Kier alpha value is -2.79. The van der Waals surface area contributed by atoms with Gasteiger partial charge in [0.2, 0.25) is 0 Å². The first kappa shape index (κ1) is 26.3. The SMILES string of the molecule is C=C(C)C(=O)OC1CCC(Oc2ccc3cc(-c4ccc(CCCCC)cc4OC)sc3c2)C1(C)C. The van der Waals surface area contributed by atoms with Crippen molar-refractivity contribution < 1.29 is 19.0 Å². The molecule has 0 saturated heterocycles. The van der Waals surface area contributed by atoms with Crippen LogP contribution in [0.25, 0.3) is 20.5 Å². The summed E-state index contributed by atoms with van der Waals surface area (Å²) < 4.78 is 19.1. The lowest BCUT2D eigenvalue weighted by atomic mass is 9.86. The number of unbranched alkanes of at least 4 members (excludes halogenated alkanes) is 2. The fourth-order valence-electron chi connectivity index (χ4n) is 4.96. The third-order valence-corrected chi connectivity index (χ3v) is 8.45. The molecule has 2 unspecified atom stereocenters. The summed E-state index contributed by atoms with van der Waals surface area (Å²) in [6.45, 7) is 11.8. The molecule has 1 saturated carbocycles. The molecule has 0 spiro atoms. The summed E-state index contributed by atoms with van der Waals surface area (Å²) in [5.41, 5.74) is 2.59. The van der Waals surface area contributed by atoms with Crippen molar-refractivity contribution in [2.45, 2.75) is 78.4 Å². The fourth-order valence-corrected chi connectivity index (χ4v) is 6.08. The van der Waals surface area contributed by atoms with E-state index in [2.05, 4.69) is 63.7 Å². The zero-order chi connectivity index (χ0) is 25.9. The van der Waals surface area contributed by atoms with Crippen molar-refractivity contribution in [1.29, 1.82) is 0 Å². The van der Waals surface area contributed by atoms with E-state index in [1.807, 2.05) is 6.07 Å². The van der Waals surface area contributed by atoms with Crippen molar-refractivity contribution in [1.82, 2.24) is 0 Å². The second kappa shape index (κ2) is 11.1. The minimum absolute atomic E-state index is 0.0300. The number of hydrogen-bond donors (Lipinski definition) is 0. The molecule has 0 radical (unpaired) electrons. The van der Waals surface area contributed by atoms with E-state index in [1.165, 1.54) is 39.8 Å². The molecule has 3 aromatic rings. The van der Waals surface area contributed by atoms with Gasteiger partial charge in [-0.15, -0.1) is 11.3 Å². The monoisotopic (exact) mass is 506 g/mol. The van der Waals surface area contributed by atoms with Gasteiger partial charge in [0.25, 0.3) is 0 Å². The molecule has 0 aliphatic heterocycles. The number of methoxy groups -OCH3 is 1. The second-order valence-electron chi connectivity index (χ2n) is 10.5. The second-order valence-corrected chi connectivity index (χ2v) is 11.6. The van der Waals surface area contributed by atoms with Gasteiger partial charge in [-0.1, -0.05) is 46.3 Å². The average Bonchev–Trinajstić information content (AvgIpc) is 3.39. The summed E-state index contributed by atoms with van der Waals surface area (Å²) in [7, 11) is 1.75. The highest BCUT2D eigenvalue weighted by molar-refractivity contribution is 7.22. The van der Waals surface area contributed by atoms with E-state index in [-0.39, 0.29) is 23.6 Å². The molecule has 1 heterocycles. The minimum Gasteiger partial charge on any atom is -0.496 e. The number of fused-ring (bicyclic) bond motifs is 1. The Morgan fingerprint density at radius 3 is 2.58 bits per heavy atom. The molecule has 4 nitrogen and oxygen atoms in total. The third-order valence-electron chi connectivity index (χ3n) is 7.32. The topological polar surface area (TPSA) is 44.8 Å². The van der Waals surface area contributed by atoms with Gasteiger partial charge in [0.15, 0.2) is 0 Å². The van der Waals surface area contributed by atoms with Crippen LogP contribution in [-0.4, -0.2) is 25.3 Å². The molecule has 0 N–H and O–H groups in total. The van der Waals surface area contributed by atoms with Crippen LogP contribution in [0.4, 0.5) is 0 Å². The number of carbonyl (C=O) groups excluding carboxylic acids is 1. The van der Waals surface area contributed by atoms with Crippen LogP contribution in [0.15, 0.2) is 54.6 Å². The number of thiophene rings is 1. The lowest BCUT2D eigenvalue weighted by Gasteiger charge is -2.32. The van der Waals surface area contributed by atoms with E-state index in [9.17, 15) is 4.79 Å². The predicted molar refractivity (Wildman–Crippen MR) is 149 cm³/mol. The summed E-state index contributed by atoms with van der Waals surface area (Å²) >= 11 is 1.75. The Kier molecular flexibility index (Phi) is 8.09. The molecule has 1 aliphatic rings. The van der Waals surface area contributed by atoms with E-state index < -0.39 is 0 Å². The summed E-state index contributed by atoms with van der Waals surface area (Å²) in [4.78, 5) is 13.3. The van der Waals surface area contributed by atoms with Gasteiger partial charge in [-0.2, -0.15) is 0 Å². The number of hydrogen-bond acceptors (Lipinski definition) is 5. The summed E-state index contributed by atoms with van der Waals surface area (Å²) in [5, 5.41) is 1.19. The van der Waals surface area contributed by atoms with Crippen molar-refractivity contribution in [3.8, 4) is 21.9 Å².